The Bertz CT molecular complexity index is 1070. The number of rotatable bonds is 7. The first-order chi connectivity index (χ1) is 13.9. The molecule has 0 aliphatic rings. The molecule has 0 saturated carbocycles. The van der Waals surface area contributed by atoms with Gasteiger partial charge in [-0.15, -0.1) is 0 Å². The van der Waals surface area contributed by atoms with Gasteiger partial charge in [0.15, 0.2) is 5.16 Å². The van der Waals surface area contributed by atoms with Crippen LogP contribution in [0.25, 0.3) is 5.69 Å². The van der Waals surface area contributed by atoms with Gasteiger partial charge in [0.1, 0.15) is 5.75 Å². The van der Waals surface area contributed by atoms with Crippen LogP contribution in [0, 0.1) is 17.0 Å². The van der Waals surface area contributed by atoms with Crippen molar-refractivity contribution >= 4 is 40.6 Å². The van der Waals surface area contributed by atoms with E-state index in [1.54, 1.807) is 12.4 Å². The SMILES string of the molecule is COc1cc([N+](=O)[O-])ccc1NC(=O)CSc1nccn1-c1cccc(Cl)c1C. The normalized spacial score (nSPS) is 10.6. The summed E-state index contributed by atoms with van der Waals surface area (Å²) in [5.41, 5.74) is 2.04. The molecule has 0 saturated heterocycles. The van der Waals surface area contributed by atoms with Crippen LogP contribution in [0.4, 0.5) is 11.4 Å². The van der Waals surface area contributed by atoms with Crippen molar-refractivity contribution in [3.63, 3.8) is 0 Å². The van der Waals surface area contributed by atoms with E-state index in [9.17, 15) is 14.9 Å². The van der Waals surface area contributed by atoms with Crippen molar-refractivity contribution in [1.82, 2.24) is 9.55 Å². The Kier molecular flexibility index (Phi) is 6.40. The summed E-state index contributed by atoms with van der Waals surface area (Å²) in [6, 6.07) is 9.60. The van der Waals surface area contributed by atoms with Crippen LogP contribution in [-0.2, 0) is 4.79 Å². The van der Waals surface area contributed by atoms with Gasteiger partial charge in [0.2, 0.25) is 5.91 Å². The lowest BCUT2D eigenvalue weighted by atomic mass is 10.2. The molecule has 3 aromatic rings. The number of thioether (sulfide) groups is 1. The van der Waals surface area contributed by atoms with E-state index in [-0.39, 0.29) is 23.1 Å². The topological polar surface area (TPSA) is 99.3 Å². The first-order valence-corrected chi connectivity index (χ1v) is 9.81. The molecular formula is C19H17ClN4O4S. The Morgan fingerprint density at radius 1 is 1.38 bits per heavy atom. The fourth-order valence-corrected chi connectivity index (χ4v) is 3.59. The number of halogens is 1. The Hall–Kier alpha value is -3.04. The lowest BCUT2D eigenvalue weighted by Gasteiger charge is -2.12. The van der Waals surface area contributed by atoms with E-state index in [0.717, 1.165) is 11.3 Å². The van der Waals surface area contributed by atoms with E-state index in [2.05, 4.69) is 10.3 Å². The number of nitrogens with one attached hydrogen (secondary N) is 1. The molecule has 10 heteroatoms. The Morgan fingerprint density at radius 3 is 2.90 bits per heavy atom. The molecule has 0 bridgehead atoms. The predicted octanol–water partition coefficient (Wildman–Crippen LogP) is 4.48. The van der Waals surface area contributed by atoms with Crippen LogP contribution in [0.2, 0.25) is 5.02 Å². The number of nitro groups is 1. The molecule has 3 rings (SSSR count). The average Bonchev–Trinajstić information content (AvgIpc) is 3.17. The maximum Gasteiger partial charge on any atom is 0.273 e. The van der Waals surface area contributed by atoms with Gasteiger partial charge in [0.25, 0.3) is 5.69 Å². The van der Waals surface area contributed by atoms with Crippen molar-refractivity contribution in [3.8, 4) is 11.4 Å². The van der Waals surface area contributed by atoms with Crippen LogP contribution in [0.1, 0.15) is 5.56 Å². The van der Waals surface area contributed by atoms with E-state index in [1.807, 2.05) is 29.7 Å². The number of hydrogen-bond acceptors (Lipinski definition) is 6. The van der Waals surface area contributed by atoms with Gasteiger partial charge in [-0.05, 0) is 30.7 Å². The first-order valence-electron chi connectivity index (χ1n) is 8.44. The quantitative estimate of drug-likeness (QED) is 0.335. The van der Waals surface area contributed by atoms with Crippen molar-refractivity contribution in [3.05, 3.63) is 69.5 Å². The third-order valence-corrected chi connectivity index (χ3v) is 5.48. The molecule has 2 aromatic carbocycles. The van der Waals surface area contributed by atoms with E-state index < -0.39 is 4.92 Å². The van der Waals surface area contributed by atoms with Gasteiger partial charge in [-0.2, -0.15) is 0 Å². The predicted molar refractivity (Wildman–Crippen MR) is 112 cm³/mol. The molecule has 0 atom stereocenters. The molecule has 8 nitrogen and oxygen atoms in total. The van der Waals surface area contributed by atoms with Crippen molar-refractivity contribution in [1.29, 1.82) is 0 Å². The van der Waals surface area contributed by atoms with E-state index >= 15 is 0 Å². The fraction of sp³-hybridized carbons (Fsp3) is 0.158. The number of imidazole rings is 1. The summed E-state index contributed by atoms with van der Waals surface area (Å²) in [7, 11) is 1.38. The maximum atomic E-state index is 12.4. The van der Waals surface area contributed by atoms with Gasteiger partial charge < -0.3 is 10.1 Å². The van der Waals surface area contributed by atoms with Crippen LogP contribution < -0.4 is 10.1 Å². The van der Waals surface area contributed by atoms with Crippen LogP contribution in [-0.4, -0.2) is 33.2 Å². The third kappa shape index (κ3) is 4.69. The lowest BCUT2D eigenvalue weighted by Crippen LogP contribution is -2.15. The molecule has 150 valence electrons. The molecule has 0 fully saturated rings. The van der Waals surface area contributed by atoms with Gasteiger partial charge >= 0.3 is 0 Å². The summed E-state index contributed by atoms with van der Waals surface area (Å²) in [4.78, 5) is 27.0. The summed E-state index contributed by atoms with van der Waals surface area (Å²) in [5.74, 6) is 0.0182. The van der Waals surface area contributed by atoms with Crippen molar-refractivity contribution in [2.24, 2.45) is 0 Å². The Morgan fingerprint density at radius 2 is 2.17 bits per heavy atom. The van der Waals surface area contributed by atoms with E-state index in [4.69, 9.17) is 16.3 Å². The second kappa shape index (κ2) is 8.97. The molecular weight excluding hydrogens is 416 g/mol. The molecule has 1 aromatic heterocycles. The van der Waals surface area contributed by atoms with Crippen LogP contribution in [0.15, 0.2) is 53.9 Å². The van der Waals surface area contributed by atoms with Crippen LogP contribution >= 0.6 is 23.4 Å². The molecule has 1 heterocycles. The van der Waals surface area contributed by atoms with Gasteiger partial charge in [-0.25, -0.2) is 4.98 Å². The molecule has 0 unspecified atom stereocenters. The Labute approximate surface area is 176 Å². The van der Waals surface area contributed by atoms with Crippen LogP contribution in [0.5, 0.6) is 5.75 Å². The molecule has 1 N–H and O–H groups in total. The highest BCUT2D eigenvalue weighted by atomic mass is 35.5. The summed E-state index contributed by atoms with van der Waals surface area (Å²) >= 11 is 7.46. The number of ether oxygens (including phenoxy) is 1. The largest absolute Gasteiger partial charge is 0.494 e. The van der Waals surface area contributed by atoms with Crippen LogP contribution in [0.3, 0.4) is 0 Å². The molecule has 0 radical (unpaired) electrons. The molecule has 0 aliphatic carbocycles. The minimum atomic E-state index is -0.526. The zero-order valence-corrected chi connectivity index (χ0v) is 17.2. The summed E-state index contributed by atoms with van der Waals surface area (Å²) in [6.07, 6.45) is 3.46. The molecule has 0 aliphatic heterocycles. The van der Waals surface area contributed by atoms with Crippen molar-refractivity contribution in [2.45, 2.75) is 12.1 Å². The highest BCUT2D eigenvalue weighted by Gasteiger charge is 2.15. The summed E-state index contributed by atoms with van der Waals surface area (Å²) in [6.45, 7) is 1.92. The number of aromatic nitrogens is 2. The maximum absolute atomic E-state index is 12.4. The smallest absolute Gasteiger partial charge is 0.273 e. The Balaban J connectivity index is 1.71. The molecule has 29 heavy (non-hydrogen) atoms. The lowest BCUT2D eigenvalue weighted by molar-refractivity contribution is -0.384. The van der Waals surface area contributed by atoms with Crippen molar-refractivity contribution in [2.75, 3.05) is 18.2 Å². The van der Waals surface area contributed by atoms with Gasteiger partial charge in [-0.1, -0.05) is 29.4 Å². The highest BCUT2D eigenvalue weighted by Crippen LogP contribution is 2.30. The minimum absolute atomic E-state index is 0.0940. The third-order valence-electron chi connectivity index (χ3n) is 4.11. The van der Waals surface area contributed by atoms with E-state index in [0.29, 0.717) is 15.9 Å². The second-order valence-electron chi connectivity index (χ2n) is 5.94. The standard InChI is InChI=1S/C19H17ClN4O4S/c1-12-14(20)4-3-5-16(12)23-9-8-21-19(23)29-11-18(25)22-15-7-6-13(24(26)27)10-17(15)28-2/h3-10H,11H2,1-2H3,(H,22,25). The number of anilines is 1. The number of nitrogens with zero attached hydrogens (tertiary/aromatic N) is 3. The monoisotopic (exact) mass is 432 g/mol. The summed E-state index contributed by atoms with van der Waals surface area (Å²) in [5, 5.41) is 14.9. The number of amides is 1. The van der Waals surface area contributed by atoms with Gasteiger partial charge in [-0.3, -0.25) is 19.5 Å². The summed E-state index contributed by atoms with van der Waals surface area (Å²) < 4.78 is 7.00. The zero-order valence-electron chi connectivity index (χ0n) is 15.6. The number of nitro benzene ring substituents is 1. The fourth-order valence-electron chi connectivity index (χ4n) is 2.65. The number of methoxy groups -OCH3 is 1. The van der Waals surface area contributed by atoms with E-state index in [1.165, 1.54) is 37.1 Å². The van der Waals surface area contributed by atoms with Crippen molar-refractivity contribution < 1.29 is 14.5 Å². The number of non-ortho nitro benzene ring substituents is 1. The number of benzene rings is 2. The number of carbonyl (C=O) groups is 1. The molecule has 1 amide bonds. The minimum Gasteiger partial charge on any atom is -0.494 e. The average molecular weight is 433 g/mol. The highest BCUT2D eigenvalue weighted by molar-refractivity contribution is 7.99. The van der Waals surface area contributed by atoms with Gasteiger partial charge in [0.05, 0.1) is 35.2 Å². The first kappa shape index (κ1) is 20.7. The number of carbonyl (C=O) groups excluding carboxylic acids is 1. The molecule has 0 spiro atoms. The van der Waals surface area contributed by atoms with Gasteiger partial charge in [0, 0.05) is 23.5 Å². The second-order valence-corrected chi connectivity index (χ2v) is 7.29. The zero-order chi connectivity index (χ0) is 21.0. The number of hydrogen-bond donors (Lipinski definition) is 1.